The van der Waals surface area contributed by atoms with Crippen molar-refractivity contribution in [1.29, 1.82) is 0 Å². The van der Waals surface area contributed by atoms with Gasteiger partial charge in [-0.05, 0) is 30.4 Å². The van der Waals surface area contributed by atoms with Crippen molar-refractivity contribution in [3.05, 3.63) is 30.1 Å². The summed E-state index contributed by atoms with van der Waals surface area (Å²) in [5.41, 5.74) is 0.628. The van der Waals surface area contributed by atoms with Gasteiger partial charge in [-0.2, -0.15) is 0 Å². The molecule has 2 atom stereocenters. The molecule has 6 nitrogen and oxygen atoms in total. The SMILES string of the molecule is CC1CC(C)CN(C(=O)CN2CCN(C(=O)c3cccnc3)CC2)C1. The van der Waals surface area contributed by atoms with Crippen LogP contribution in [0, 0.1) is 11.8 Å². The van der Waals surface area contributed by atoms with Crippen LogP contribution in [0.3, 0.4) is 0 Å². The molecule has 136 valence electrons. The van der Waals surface area contributed by atoms with Gasteiger partial charge >= 0.3 is 0 Å². The molecule has 0 aromatic carbocycles. The van der Waals surface area contributed by atoms with E-state index in [1.54, 1.807) is 24.5 Å². The average Bonchev–Trinajstić information content (AvgIpc) is 2.61. The fourth-order valence-electron chi connectivity index (χ4n) is 3.94. The number of piperazine rings is 1. The van der Waals surface area contributed by atoms with E-state index in [0.29, 0.717) is 37.0 Å². The Balaban J connectivity index is 1.48. The summed E-state index contributed by atoms with van der Waals surface area (Å²) in [6.07, 6.45) is 4.48. The summed E-state index contributed by atoms with van der Waals surface area (Å²) < 4.78 is 0. The van der Waals surface area contributed by atoms with Crippen LogP contribution in [-0.2, 0) is 4.79 Å². The summed E-state index contributed by atoms with van der Waals surface area (Å²) in [5.74, 6) is 1.42. The third-order valence-electron chi connectivity index (χ3n) is 5.15. The number of piperidine rings is 1. The van der Waals surface area contributed by atoms with Gasteiger partial charge in [-0.3, -0.25) is 19.5 Å². The van der Waals surface area contributed by atoms with Crippen molar-refractivity contribution in [2.75, 3.05) is 45.8 Å². The zero-order valence-electron chi connectivity index (χ0n) is 15.2. The second-order valence-corrected chi connectivity index (χ2v) is 7.55. The summed E-state index contributed by atoms with van der Waals surface area (Å²) in [6.45, 7) is 9.48. The maximum atomic E-state index is 12.6. The van der Waals surface area contributed by atoms with Gasteiger partial charge in [0.2, 0.25) is 5.91 Å². The van der Waals surface area contributed by atoms with Gasteiger partial charge in [-0.15, -0.1) is 0 Å². The largest absolute Gasteiger partial charge is 0.341 e. The Morgan fingerprint density at radius 3 is 2.36 bits per heavy atom. The maximum Gasteiger partial charge on any atom is 0.255 e. The fraction of sp³-hybridized carbons (Fsp3) is 0.632. The minimum atomic E-state index is 0.0257. The molecule has 2 aliphatic heterocycles. The summed E-state index contributed by atoms with van der Waals surface area (Å²) in [5, 5.41) is 0. The van der Waals surface area contributed by atoms with E-state index in [2.05, 4.69) is 23.7 Å². The number of carbonyl (C=O) groups is 2. The van der Waals surface area contributed by atoms with Crippen LogP contribution in [0.5, 0.6) is 0 Å². The Morgan fingerprint density at radius 2 is 1.76 bits per heavy atom. The molecule has 0 spiro atoms. The molecule has 2 amide bonds. The molecule has 25 heavy (non-hydrogen) atoms. The molecule has 0 aliphatic carbocycles. The molecule has 0 radical (unpaired) electrons. The summed E-state index contributed by atoms with van der Waals surface area (Å²) in [4.78, 5) is 35.1. The molecule has 0 saturated carbocycles. The third kappa shape index (κ3) is 4.57. The van der Waals surface area contributed by atoms with Gasteiger partial charge in [0.1, 0.15) is 0 Å². The molecule has 3 rings (SSSR count). The van der Waals surface area contributed by atoms with E-state index in [9.17, 15) is 9.59 Å². The maximum absolute atomic E-state index is 12.6. The lowest BCUT2D eigenvalue weighted by Crippen LogP contribution is -2.53. The lowest BCUT2D eigenvalue weighted by molar-refractivity contribution is -0.135. The quantitative estimate of drug-likeness (QED) is 0.830. The van der Waals surface area contributed by atoms with Crippen molar-refractivity contribution >= 4 is 11.8 Å². The Hall–Kier alpha value is -1.95. The Kier molecular flexibility index (Phi) is 5.68. The molecule has 2 fully saturated rings. The van der Waals surface area contributed by atoms with Gasteiger partial charge in [0.25, 0.3) is 5.91 Å². The highest BCUT2D eigenvalue weighted by Crippen LogP contribution is 2.21. The highest BCUT2D eigenvalue weighted by Gasteiger charge is 2.28. The molecule has 2 unspecified atom stereocenters. The van der Waals surface area contributed by atoms with E-state index in [1.807, 2.05) is 9.80 Å². The molecule has 0 N–H and O–H groups in total. The van der Waals surface area contributed by atoms with Crippen LogP contribution < -0.4 is 0 Å². The first kappa shape index (κ1) is 17.9. The van der Waals surface area contributed by atoms with E-state index >= 15 is 0 Å². The Labute approximate surface area is 149 Å². The fourth-order valence-corrected chi connectivity index (χ4v) is 3.94. The predicted octanol–water partition coefficient (Wildman–Crippen LogP) is 1.34. The van der Waals surface area contributed by atoms with Crippen molar-refractivity contribution in [2.45, 2.75) is 20.3 Å². The first-order chi connectivity index (χ1) is 12.0. The van der Waals surface area contributed by atoms with Crippen LogP contribution in [0.15, 0.2) is 24.5 Å². The van der Waals surface area contributed by atoms with Gasteiger partial charge in [0.05, 0.1) is 12.1 Å². The first-order valence-electron chi connectivity index (χ1n) is 9.22. The smallest absolute Gasteiger partial charge is 0.255 e. The average molecular weight is 344 g/mol. The second kappa shape index (κ2) is 7.95. The van der Waals surface area contributed by atoms with Crippen molar-refractivity contribution in [1.82, 2.24) is 19.7 Å². The number of carbonyl (C=O) groups excluding carboxylic acids is 2. The second-order valence-electron chi connectivity index (χ2n) is 7.55. The van der Waals surface area contributed by atoms with Gasteiger partial charge in [-0.1, -0.05) is 13.8 Å². The van der Waals surface area contributed by atoms with Crippen LogP contribution in [-0.4, -0.2) is 77.3 Å². The number of aromatic nitrogens is 1. The molecule has 1 aromatic rings. The highest BCUT2D eigenvalue weighted by atomic mass is 16.2. The predicted molar refractivity (Wildman–Crippen MR) is 96.1 cm³/mol. The normalized spacial score (nSPS) is 25.0. The number of nitrogens with zero attached hydrogens (tertiary/aromatic N) is 4. The lowest BCUT2D eigenvalue weighted by atomic mass is 9.92. The van der Waals surface area contributed by atoms with Crippen LogP contribution in [0.4, 0.5) is 0 Å². The van der Waals surface area contributed by atoms with Crippen LogP contribution >= 0.6 is 0 Å². The number of amides is 2. The van der Waals surface area contributed by atoms with Crippen LogP contribution in [0.1, 0.15) is 30.6 Å². The summed E-state index contributed by atoms with van der Waals surface area (Å²) in [6, 6.07) is 3.58. The number of likely N-dealkylation sites (tertiary alicyclic amines) is 1. The van der Waals surface area contributed by atoms with Crippen LogP contribution in [0.2, 0.25) is 0 Å². The zero-order valence-corrected chi connectivity index (χ0v) is 15.2. The van der Waals surface area contributed by atoms with E-state index in [0.717, 1.165) is 26.2 Å². The van der Waals surface area contributed by atoms with Crippen molar-refractivity contribution in [2.24, 2.45) is 11.8 Å². The van der Waals surface area contributed by atoms with Gasteiger partial charge < -0.3 is 9.80 Å². The minimum Gasteiger partial charge on any atom is -0.341 e. The molecular formula is C19H28N4O2. The van der Waals surface area contributed by atoms with Crippen molar-refractivity contribution < 1.29 is 9.59 Å². The topological polar surface area (TPSA) is 56.8 Å². The van der Waals surface area contributed by atoms with E-state index in [4.69, 9.17) is 0 Å². The number of pyridine rings is 1. The minimum absolute atomic E-state index is 0.0257. The molecule has 2 aliphatic rings. The van der Waals surface area contributed by atoms with Crippen LogP contribution in [0.25, 0.3) is 0 Å². The van der Waals surface area contributed by atoms with Gasteiger partial charge in [-0.25, -0.2) is 0 Å². The molecular weight excluding hydrogens is 316 g/mol. The molecule has 0 bridgehead atoms. The molecule has 3 heterocycles. The molecule has 1 aromatic heterocycles. The summed E-state index contributed by atoms with van der Waals surface area (Å²) in [7, 11) is 0. The Bertz CT molecular complexity index is 589. The van der Waals surface area contributed by atoms with E-state index in [1.165, 1.54) is 6.42 Å². The zero-order chi connectivity index (χ0) is 17.8. The number of hydrogen-bond acceptors (Lipinski definition) is 4. The van der Waals surface area contributed by atoms with E-state index in [-0.39, 0.29) is 11.8 Å². The lowest BCUT2D eigenvalue weighted by Gasteiger charge is -2.38. The summed E-state index contributed by atoms with van der Waals surface area (Å²) >= 11 is 0. The Morgan fingerprint density at radius 1 is 1.08 bits per heavy atom. The molecule has 2 saturated heterocycles. The van der Waals surface area contributed by atoms with Crippen molar-refractivity contribution in [3.63, 3.8) is 0 Å². The van der Waals surface area contributed by atoms with Gasteiger partial charge in [0, 0.05) is 51.7 Å². The monoisotopic (exact) mass is 344 g/mol. The highest BCUT2D eigenvalue weighted by molar-refractivity contribution is 5.94. The molecule has 6 heteroatoms. The van der Waals surface area contributed by atoms with Crippen molar-refractivity contribution in [3.8, 4) is 0 Å². The first-order valence-corrected chi connectivity index (χ1v) is 9.22. The van der Waals surface area contributed by atoms with E-state index < -0.39 is 0 Å². The number of hydrogen-bond donors (Lipinski definition) is 0. The standard InChI is InChI=1S/C19H28N4O2/c1-15-10-16(2)13-23(12-15)18(24)14-21-6-8-22(9-7-21)19(25)17-4-3-5-20-11-17/h3-5,11,15-16H,6-10,12-14H2,1-2H3. The third-order valence-corrected chi connectivity index (χ3v) is 5.15. The number of rotatable bonds is 3. The van der Waals surface area contributed by atoms with Gasteiger partial charge in [0.15, 0.2) is 0 Å².